The van der Waals surface area contributed by atoms with E-state index in [0.29, 0.717) is 23.0 Å². The van der Waals surface area contributed by atoms with Crippen LogP contribution in [0, 0.1) is 0 Å². The predicted octanol–water partition coefficient (Wildman–Crippen LogP) is 2.91. The zero-order valence-corrected chi connectivity index (χ0v) is 12.2. The van der Waals surface area contributed by atoms with E-state index in [2.05, 4.69) is 15.1 Å². The molecule has 1 fully saturated rings. The molecule has 0 aromatic carbocycles. The lowest BCUT2D eigenvalue weighted by Gasteiger charge is -2.27. The van der Waals surface area contributed by atoms with Crippen molar-refractivity contribution in [1.29, 1.82) is 0 Å². The topological polar surface area (TPSA) is 87.1 Å². The number of hydrogen-bond donors (Lipinski definition) is 1. The Morgan fingerprint density at radius 2 is 2.00 bits per heavy atom. The molecule has 112 valence electrons. The van der Waals surface area contributed by atoms with E-state index in [-0.39, 0.29) is 0 Å². The number of methoxy groups -OCH3 is 1. The van der Waals surface area contributed by atoms with Gasteiger partial charge in [0.2, 0.25) is 5.82 Å². The first kappa shape index (κ1) is 14.0. The molecule has 0 aliphatic heterocycles. The molecule has 6 nitrogen and oxygen atoms in total. The minimum Gasteiger partial charge on any atom is -0.397 e. The van der Waals surface area contributed by atoms with Gasteiger partial charge in [0.1, 0.15) is 5.60 Å². The summed E-state index contributed by atoms with van der Waals surface area (Å²) in [6.07, 6.45) is 9.79. The van der Waals surface area contributed by atoms with Gasteiger partial charge in [0, 0.05) is 13.3 Å². The van der Waals surface area contributed by atoms with Crippen molar-refractivity contribution in [2.45, 2.75) is 44.1 Å². The molecule has 0 saturated heterocycles. The van der Waals surface area contributed by atoms with Crippen LogP contribution < -0.4 is 5.73 Å². The SMILES string of the molecule is COC1(c2noc(-c3ccncc3N)n2)CCCCCC1. The van der Waals surface area contributed by atoms with E-state index >= 15 is 0 Å². The van der Waals surface area contributed by atoms with Crippen molar-refractivity contribution in [3.05, 3.63) is 24.3 Å². The van der Waals surface area contributed by atoms with E-state index in [1.807, 2.05) is 0 Å². The van der Waals surface area contributed by atoms with Crippen molar-refractivity contribution in [1.82, 2.24) is 15.1 Å². The molecule has 1 aliphatic rings. The number of rotatable bonds is 3. The van der Waals surface area contributed by atoms with Crippen LogP contribution in [0.5, 0.6) is 0 Å². The Labute approximate surface area is 123 Å². The largest absolute Gasteiger partial charge is 0.397 e. The van der Waals surface area contributed by atoms with E-state index < -0.39 is 5.60 Å². The molecule has 0 atom stereocenters. The van der Waals surface area contributed by atoms with Gasteiger partial charge in [-0.05, 0) is 18.9 Å². The van der Waals surface area contributed by atoms with Crippen molar-refractivity contribution < 1.29 is 9.26 Å². The van der Waals surface area contributed by atoms with E-state index in [1.54, 1.807) is 25.6 Å². The maximum atomic E-state index is 5.91. The van der Waals surface area contributed by atoms with Gasteiger partial charge >= 0.3 is 0 Å². The van der Waals surface area contributed by atoms with E-state index in [0.717, 1.165) is 25.7 Å². The zero-order valence-electron chi connectivity index (χ0n) is 12.2. The fourth-order valence-electron chi connectivity index (χ4n) is 2.94. The molecule has 2 N–H and O–H groups in total. The summed E-state index contributed by atoms with van der Waals surface area (Å²) in [5.74, 6) is 1.05. The van der Waals surface area contributed by atoms with E-state index in [9.17, 15) is 0 Å². The van der Waals surface area contributed by atoms with Crippen molar-refractivity contribution in [3.63, 3.8) is 0 Å². The predicted molar refractivity (Wildman–Crippen MR) is 78.3 cm³/mol. The smallest absolute Gasteiger partial charge is 0.260 e. The standard InChI is InChI=1S/C15H20N4O2/c1-20-15(7-4-2-3-5-8-15)14-18-13(21-19-14)11-6-9-17-10-12(11)16/h6,9-10H,2-5,7-8,16H2,1H3. The molecule has 1 saturated carbocycles. The zero-order chi connectivity index (χ0) is 14.7. The second-order valence-electron chi connectivity index (χ2n) is 5.50. The molecule has 0 radical (unpaired) electrons. The van der Waals surface area contributed by atoms with Gasteiger partial charge < -0.3 is 15.0 Å². The minimum atomic E-state index is -0.431. The van der Waals surface area contributed by atoms with Gasteiger partial charge in [0.25, 0.3) is 5.89 Å². The van der Waals surface area contributed by atoms with Gasteiger partial charge in [-0.3, -0.25) is 4.98 Å². The third-order valence-electron chi connectivity index (χ3n) is 4.22. The molecule has 1 aliphatic carbocycles. The van der Waals surface area contributed by atoms with Gasteiger partial charge in [0.15, 0.2) is 0 Å². The first-order valence-electron chi connectivity index (χ1n) is 7.34. The molecule has 0 spiro atoms. The van der Waals surface area contributed by atoms with Gasteiger partial charge in [-0.25, -0.2) is 0 Å². The summed E-state index contributed by atoms with van der Waals surface area (Å²) < 4.78 is 11.2. The Morgan fingerprint density at radius 1 is 1.24 bits per heavy atom. The van der Waals surface area contributed by atoms with Crippen LogP contribution in [0.15, 0.2) is 23.0 Å². The Balaban J connectivity index is 1.95. The maximum absolute atomic E-state index is 5.91. The number of nitrogens with two attached hydrogens (primary N) is 1. The monoisotopic (exact) mass is 288 g/mol. The van der Waals surface area contributed by atoms with Gasteiger partial charge in [0.05, 0.1) is 17.4 Å². The van der Waals surface area contributed by atoms with Gasteiger partial charge in [-0.1, -0.05) is 30.8 Å². The molecular formula is C15H20N4O2. The summed E-state index contributed by atoms with van der Waals surface area (Å²) in [7, 11) is 1.72. The second kappa shape index (κ2) is 5.81. The Morgan fingerprint density at radius 3 is 2.67 bits per heavy atom. The third kappa shape index (κ3) is 2.63. The number of nitrogen functional groups attached to an aromatic ring is 1. The third-order valence-corrected chi connectivity index (χ3v) is 4.22. The molecule has 0 unspecified atom stereocenters. The molecule has 0 amide bonds. The number of pyridine rings is 1. The molecule has 21 heavy (non-hydrogen) atoms. The molecular weight excluding hydrogens is 268 g/mol. The van der Waals surface area contributed by atoms with Crippen molar-refractivity contribution in [2.24, 2.45) is 0 Å². The lowest BCUT2D eigenvalue weighted by atomic mass is 9.93. The normalized spacial score (nSPS) is 18.3. The number of aromatic nitrogens is 3. The molecule has 2 heterocycles. The molecule has 2 aromatic rings. The Hall–Kier alpha value is -1.95. The highest BCUT2D eigenvalue weighted by molar-refractivity contribution is 5.68. The molecule has 3 rings (SSSR count). The number of nitrogens with zero attached hydrogens (tertiary/aromatic N) is 3. The van der Waals surface area contributed by atoms with Crippen LogP contribution in [0.3, 0.4) is 0 Å². The molecule has 0 bridgehead atoms. The van der Waals surface area contributed by atoms with E-state index in [1.165, 1.54) is 12.8 Å². The summed E-state index contributed by atoms with van der Waals surface area (Å²) in [4.78, 5) is 8.51. The van der Waals surface area contributed by atoms with Crippen LogP contribution in [-0.4, -0.2) is 22.2 Å². The quantitative estimate of drug-likeness (QED) is 0.874. The summed E-state index contributed by atoms with van der Waals surface area (Å²) in [5.41, 5.74) is 6.72. The number of ether oxygens (including phenoxy) is 1. The van der Waals surface area contributed by atoms with Crippen LogP contribution in [0.2, 0.25) is 0 Å². The summed E-state index contributed by atoms with van der Waals surface area (Å²) >= 11 is 0. The highest BCUT2D eigenvalue weighted by Gasteiger charge is 2.37. The highest BCUT2D eigenvalue weighted by Crippen LogP contribution is 2.38. The van der Waals surface area contributed by atoms with Gasteiger partial charge in [-0.15, -0.1) is 0 Å². The first-order valence-corrected chi connectivity index (χ1v) is 7.34. The van der Waals surface area contributed by atoms with Crippen LogP contribution in [0.4, 0.5) is 5.69 Å². The first-order chi connectivity index (χ1) is 10.2. The lowest BCUT2D eigenvalue weighted by molar-refractivity contribution is -0.0365. The fourth-order valence-corrected chi connectivity index (χ4v) is 2.94. The van der Waals surface area contributed by atoms with E-state index in [4.69, 9.17) is 15.0 Å². The van der Waals surface area contributed by atoms with Crippen LogP contribution in [0.1, 0.15) is 44.3 Å². The highest BCUT2D eigenvalue weighted by atomic mass is 16.5. The number of anilines is 1. The second-order valence-corrected chi connectivity index (χ2v) is 5.50. The average Bonchev–Trinajstić information content (AvgIpc) is 2.87. The maximum Gasteiger partial charge on any atom is 0.260 e. The summed E-state index contributed by atoms with van der Waals surface area (Å²) in [6.45, 7) is 0. The fraction of sp³-hybridized carbons (Fsp3) is 0.533. The van der Waals surface area contributed by atoms with Crippen LogP contribution >= 0.6 is 0 Å². The van der Waals surface area contributed by atoms with Crippen molar-refractivity contribution in [3.8, 4) is 11.5 Å². The summed E-state index contributed by atoms with van der Waals surface area (Å²) in [6, 6.07) is 1.78. The minimum absolute atomic E-state index is 0.422. The lowest BCUT2D eigenvalue weighted by Crippen LogP contribution is -2.29. The Kier molecular flexibility index (Phi) is 3.88. The van der Waals surface area contributed by atoms with Crippen molar-refractivity contribution in [2.75, 3.05) is 12.8 Å². The average molecular weight is 288 g/mol. The Bertz CT molecular complexity index is 603. The van der Waals surface area contributed by atoms with Crippen LogP contribution in [0.25, 0.3) is 11.5 Å². The summed E-state index contributed by atoms with van der Waals surface area (Å²) in [5, 5.41) is 4.15. The molecule has 2 aromatic heterocycles. The van der Waals surface area contributed by atoms with Crippen molar-refractivity contribution >= 4 is 5.69 Å². The number of hydrogen-bond acceptors (Lipinski definition) is 6. The molecule has 6 heteroatoms. The van der Waals surface area contributed by atoms with Crippen LogP contribution in [-0.2, 0) is 10.3 Å². The van der Waals surface area contributed by atoms with Gasteiger partial charge in [-0.2, -0.15) is 4.98 Å².